The van der Waals surface area contributed by atoms with E-state index in [-0.39, 0.29) is 6.54 Å². The number of rotatable bonds is 4. The first-order valence-corrected chi connectivity index (χ1v) is 5.51. The number of amides is 1. The lowest BCUT2D eigenvalue weighted by molar-refractivity contribution is -0.387. The molecule has 0 aromatic heterocycles. The number of nitro benzene ring substituents is 1. The van der Waals surface area contributed by atoms with Crippen molar-refractivity contribution in [1.29, 1.82) is 5.26 Å². The van der Waals surface area contributed by atoms with Crippen molar-refractivity contribution in [2.45, 2.75) is 13.8 Å². The third-order valence-electron chi connectivity index (χ3n) is 2.47. The smallest absolute Gasteiger partial charge is 0.307 e. The van der Waals surface area contributed by atoms with E-state index >= 15 is 0 Å². The summed E-state index contributed by atoms with van der Waals surface area (Å²) in [6, 6.07) is 2.73. The van der Waals surface area contributed by atoms with Crippen molar-refractivity contribution in [3.05, 3.63) is 39.4 Å². The Morgan fingerprint density at radius 2 is 2.05 bits per heavy atom. The van der Waals surface area contributed by atoms with Crippen molar-refractivity contribution in [1.82, 2.24) is 5.32 Å². The number of hydrogen-bond acceptors (Lipinski definition) is 4. The van der Waals surface area contributed by atoms with Gasteiger partial charge in [-0.2, -0.15) is 9.65 Å². The summed E-state index contributed by atoms with van der Waals surface area (Å²) in [6.07, 6.45) is 0. The Bertz CT molecular complexity index is 609. The highest BCUT2D eigenvalue weighted by atomic mass is 19.1. The molecule has 0 bridgehead atoms. The summed E-state index contributed by atoms with van der Waals surface area (Å²) < 4.78 is 26.9. The fourth-order valence-electron chi connectivity index (χ4n) is 1.29. The summed E-state index contributed by atoms with van der Waals surface area (Å²) in [5.41, 5.74) is -2.57. The van der Waals surface area contributed by atoms with Crippen LogP contribution in [0.15, 0.2) is 12.1 Å². The third kappa shape index (κ3) is 3.47. The van der Waals surface area contributed by atoms with E-state index in [0.29, 0.717) is 12.1 Å². The predicted octanol–water partition coefficient (Wildman–Crippen LogP) is 2.15. The number of carbonyl (C=O) groups is 1. The Morgan fingerprint density at radius 3 is 2.55 bits per heavy atom. The Balaban J connectivity index is 2.98. The fraction of sp³-hybridized carbons (Fsp3) is 0.333. The molecule has 0 radical (unpaired) electrons. The van der Waals surface area contributed by atoms with E-state index < -0.39 is 39.1 Å². The zero-order valence-electron chi connectivity index (χ0n) is 10.7. The van der Waals surface area contributed by atoms with Crippen LogP contribution in [0.1, 0.15) is 24.2 Å². The van der Waals surface area contributed by atoms with Crippen LogP contribution < -0.4 is 5.32 Å². The van der Waals surface area contributed by atoms with Gasteiger partial charge in [0.15, 0.2) is 0 Å². The van der Waals surface area contributed by atoms with E-state index in [0.717, 1.165) is 0 Å². The van der Waals surface area contributed by atoms with E-state index in [2.05, 4.69) is 5.32 Å². The van der Waals surface area contributed by atoms with Crippen LogP contribution in [0, 0.1) is 38.5 Å². The highest BCUT2D eigenvalue weighted by Crippen LogP contribution is 2.21. The molecule has 0 heterocycles. The Kier molecular flexibility index (Phi) is 4.34. The quantitative estimate of drug-likeness (QED) is 0.676. The van der Waals surface area contributed by atoms with Gasteiger partial charge in [-0.15, -0.1) is 0 Å². The lowest BCUT2D eigenvalue weighted by Crippen LogP contribution is -2.33. The number of carbonyl (C=O) groups excluding carboxylic acids is 1. The highest BCUT2D eigenvalue weighted by molar-refractivity contribution is 5.94. The lowest BCUT2D eigenvalue weighted by atomic mass is 9.96. The van der Waals surface area contributed by atoms with Crippen LogP contribution >= 0.6 is 0 Å². The minimum Gasteiger partial charge on any atom is -0.350 e. The maximum absolute atomic E-state index is 13.5. The molecule has 8 heteroatoms. The average Bonchev–Trinajstić information content (AvgIpc) is 2.38. The summed E-state index contributed by atoms with van der Waals surface area (Å²) in [5, 5.41) is 21.4. The molecule has 1 aromatic rings. The topological polar surface area (TPSA) is 96.0 Å². The second-order valence-corrected chi connectivity index (χ2v) is 4.72. The van der Waals surface area contributed by atoms with Crippen molar-refractivity contribution in [3.8, 4) is 6.07 Å². The van der Waals surface area contributed by atoms with Crippen LogP contribution in [0.5, 0.6) is 0 Å². The number of nitrogens with one attached hydrogen (secondary N) is 1. The van der Waals surface area contributed by atoms with Gasteiger partial charge in [0, 0.05) is 6.54 Å². The van der Waals surface area contributed by atoms with Crippen LogP contribution in [0.25, 0.3) is 0 Å². The van der Waals surface area contributed by atoms with Crippen molar-refractivity contribution < 1.29 is 18.5 Å². The lowest BCUT2D eigenvalue weighted by Gasteiger charge is -2.15. The molecule has 0 spiro atoms. The Hall–Kier alpha value is -2.56. The molecule has 0 saturated heterocycles. The van der Waals surface area contributed by atoms with Gasteiger partial charge in [0.2, 0.25) is 5.82 Å². The van der Waals surface area contributed by atoms with E-state index in [1.165, 1.54) is 0 Å². The van der Waals surface area contributed by atoms with E-state index in [9.17, 15) is 23.7 Å². The van der Waals surface area contributed by atoms with Crippen LogP contribution in [0.2, 0.25) is 0 Å². The molecule has 1 aromatic carbocycles. The molecule has 1 amide bonds. The zero-order chi connectivity index (χ0) is 15.5. The summed E-state index contributed by atoms with van der Waals surface area (Å²) >= 11 is 0. The maximum Gasteiger partial charge on any atom is 0.307 e. The molecule has 0 aliphatic rings. The first kappa shape index (κ1) is 15.5. The van der Waals surface area contributed by atoms with Gasteiger partial charge < -0.3 is 5.32 Å². The molecular weight excluding hydrogens is 272 g/mol. The van der Waals surface area contributed by atoms with Gasteiger partial charge in [-0.05, 0) is 19.9 Å². The number of nitrogens with zero attached hydrogens (tertiary/aromatic N) is 2. The van der Waals surface area contributed by atoms with Gasteiger partial charge >= 0.3 is 5.69 Å². The molecule has 106 valence electrons. The second kappa shape index (κ2) is 5.61. The number of benzene rings is 1. The van der Waals surface area contributed by atoms with Crippen LogP contribution in [0.3, 0.4) is 0 Å². The molecule has 1 rings (SSSR count). The average molecular weight is 283 g/mol. The summed E-state index contributed by atoms with van der Waals surface area (Å²) in [7, 11) is 0. The molecule has 20 heavy (non-hydrogen) atoms. The molecule has 1 N–H and O–H groups in total. The van der Waals surface area contributed by atoms with Gasteiger partial charge in [-0.1, -0.05) is 0 Å². The molecule has 0 unspecified atom stereocenters. The number of nitriles is 1. The standard InChI is InChI=1S/C12H11F2N3O3/c1-12(2,5-15)6-16-11(18)7-3-9(14)10(17(19)20)4-8(7)13/h3-4H,6H2,1-2H3,(H,16,18). The predicted molar refractivity (Wildman–Crippen MR) is 64.7 cm³/mol. The van der Waals surface area contributed by atoms with Crippen LogP contribution in [-0.4, -0.2) is 17.4 Å². The largest absolute Gasteiger partial charge is 0.350 e. The summed E-state index contributed by atoms with van der Waals surface area (Å²) in [4.78, 5) is 21.0. The van der Waals surface area contributed by atoms with Crippen LogP contribution in [0.4, 0.5) is 14.5 Å². The monoisotopic (exact) mass is 283 g/mol. The SMILES string of the molecule is CC(C)(C#N)CNC(=O)c1cc(F)c([N+](=O)[O-])cc1F. The van der Waals surface area contributed by atoms with Gasteiger partial charge in [0.25, 0.3) is 5.91 Å². The Morgan fingerprint density at radius 1 is 1.45 bits per heavy atom. The van der Waals surface area contributed by atoms with Crippen molar-refractivity contribution >= 4 is 11.6 Å². The van der Waals surface area contributed by atoms with E-state index in [1.54, 1.807) is 13.8 Å². The number of halogens is 2. The first-order valence-electron chi connectivity index (χ1n) is 5.51. The molecule has 0 aliphatic heterocycles. The van der Waals surface area contributed by atoms with E-state index in [1.807, 2.05) is 6.07 Å². The van der Waals surface area contributed by atoms with Gasteiger partial charge in [0.05, 0.1) is 28.0 Å². The van der Waals surface area contributed by atoms with Crippen molar-refractivity contribution in [3.63, 3.8) is 0 Å². The van der Waals surface area contributed by atoms with Gasteiger partial charge in [-0.25, -0.2) is 4.39 Å². The van der Waals surface area contributed by atoms with E-state index in [4.69, 9.17) is 5.26 Å². The minimum atomic E-state index is -1.30. The zero-order valence-corrected chi connectivity index (χ0v) is 10.7. The molecule has 6 nitrogen and oxygen atoms in total. The molecule has 0 aliphatic carbocycles. The van der Waals surface area contributed by atoms with Crippen LogP contribution in [-0.2, 0) is 0 Å². The molecule has 0 saturated carbocycles. The van der Waals surface area contributed by atoms with Crippen molar-refractivity contribution in [2.24, 2.45) is 5.41 Å². The van der Waals surface area contributed by atoms with Crippen molar-refractivity contribution in [2.75, 3.05) is 6.54 Å². The second-order valence-electron chi connectivity index (χ2n) is 4.72. The number of hydrogen-bond donors (Lipinski definition) is 1. The first-order chi connectivity index (χ1) is 9.18. The summed E-state index contributed by atoms with van der Waals surface area (Å²) in [5.74, 6) is -3.45. The fourth-order valence-corrected chi connectivity index (χ4v) is 1.29. The molecule has 0 fully saturated rings. The minimum absolute atomic E-state index is 0.0691. The number of nitro groups is 1. The maximum atomic E-state index is 13.5. The van der Waals surface area contributed by atoms with Gasteiger partial charge in [0.1, 0.15) is 5.82 Å². The molecular formula is C12H11F2N3O3. The summed E-state index contributed by atoms with van der Waals surface area (Å²) in [6.45, 7) is 3.04. The normalized spacial score (nSPS) is 10.8. The molecule has 0 atom stereocenters. The third-order valence-corrected chi connectivity index (χ3v) is 2.47. The van der Waals surface area contributed by atoms with Gasteiger partial charge in [-0.3, -0.25) is 14.9 Å². The highest BCUT2D eigenvalue weighted by Gasteiger charge is 2.24. The Labute approximate surface area is 113 Å².